The SMILES string of the molecule is O=S(=O)(Cl)CCCCCCOc1cc(Cl)c(Cl)cc1Cl. The molecule has 0 aliphatic heterocycles. The molecule has 0 atom stereocenters. The highest BCUT2D eigenvalue weighted by Crippen LogP contribution is 2.33. The van der Waals surface area contributed by atoms with E-state index in [1.807, 2.05) is 0 Å². The molecule has 0 radical (unpaired) electrons. The molecule has 1 rings (SSSR count). The fourth-order valence-electron chi connectivity index (χ4n) is 1.53. The van der Waals surface area contributed by atoms with E-state index in [2.05, 4.69) is 0 Å². The largest absolute Gasteiger partial charge is 0.492 e. The number of benzene rings is 1. The predicted molar refractivity (Wildman–Crippen MR) is 85.1 cm³/mol. The van der Waals surface area contributed by atoms with E-state index < -0.39 is 9.05 Å². The third kappa shape index (κ3) is 7.23. The number of rotatable bonds is 8. The van der Waals surface area contributed by atoms with Gasteiger partial charge in [0.25, 0.3) is 0 Å². The lowest BCUT2D eigenvalue weighted by Crippen LogP contribution is -2.00. The molecule has 114 valence electrons. The lowest BCUT2D eigenvalue weighted by Gasteiger charge is -2.09. The van der Waals surface area contributed by atoms with Crippen LogP contribution in [0.15, 0.2) is 12.1 Å². The van der Waals surface area contributed by atoms with Crippen LogP contribution in [0.3, 0.4) is 0 Å². The third-order valence-electron chi connectivity index (χ3n) is 2.51. The number of ether oxygens (including phenoxy) is 1. The zero-order chi connectivity index (χ0) is 15.2. The van der Waals surface area contributed by atoms with Crippen LogP contribution in [0.25, 0.3) is 0 Å². The van der Waals surface area contributed by atoms with Gasteiger partial charge in [0.2, 0.25) is 9.05 Å². The summed E-state index contributed by atoms with van der Waals surface area (Å²) in [6.45, 7) is 0.477. The molecular weight excluding hydrogens is 366 g/mol. The van der Waals surface area contributed by atoms with Crippen molar-refractivity contribution in [2.75, 3.05) is 12.4 Å². The van der Waals surface area contributed by atoms with E-state index in [1.54, 1.807) is 6.07 Å². The Morgan fingerprint density at radius 1 is 0.900 bits per heavy atom. The minimum Gasteiger partial charge on any atom is -0.492 e. The van der Waals surface area contributed by atoms with Gasteiger partial charge >= 0.3 is 0 Å². The first-order chi connectivity index (χ1) is 9.29. The Labute approximate surface area is 138 Å². The molecule has 0 N–H and O–H groups in total. The minimum absolute atomic E-state index is 0.00797. The first-order valence-corrected chi connectivity index (χ1v) is 9.60. The Morgan fingerprint density at radius 3 is 2.15 bits per heavy atom. The molecule has 0 unspecified atom stereocenters. The molecule has 3 nitrogen and oxygen atoms in total. The minimum atomic E-state index is -3.38. The Bertz CT molecular complexity index is 546. The summed E-state index contributed by atoms with van der Waals surface area (Å²) in [4.78, 5) is 0. The maximum atomic E-state index is 10.7. The molecule has 8 heteroatoms. The number of hydrogen-bond donors (Lipinski definition) is 0. The van der Waals surface area contributed by atoms with Gasteiger partial charge in [-0.1, -0.05) is 47.6 Å². The summed E-state index contributed by atoms with van der Waals surface area (Å²) in [5.41, 5.74) is 0. The molecule has 20 heavy (non-hydrogen) atoms. The second-order valence-electron chi connectivity index (χ2n) is 4.20. The van der Waals surface area contributed by atoms with Crippen LogP contribution in [0.5, 0.6) is 5.75 Å². The van der Waals surface area contributed by atoms with Gasteiger partial charge in [0.15, 0.2) is 0 Å². The van der Waals surface area contributed by atoms with Crippen LogP contribution < -0.4 is 4.74 Å². The molecule has 0 spiro atoms. The van der Waals surface area contributed by atoms with E-state index in [1.165, 1.54) is 6.07 Å². The van der Waals surface area contributed by atoms with Gasteiger partial charge in [0, 0.05) is 16.7 Å². The third-order valence-corrected chi connectivity index (χ3v) is 4.77. The molecular formula is C12H14Cl4O3S. The first kappa shape index (κ1) is 18.2. The van der Waals surface area contributed by atoms with E-state index in [9.17, 15) is 8.42 Å². The highest BCUT2D eigenvalue weighted by molar-refractivity contribution is 8.13. The standard InChI is InChI=1S/C12H14Cl4O3S/c13-9-7-11(15)12(8-10(9)14)19-5-3-1-2-4-6-20(16,17)18/h7-8H,1-6H2. The van der Waals surface area contributed by atoms with Crippen molar-refractivity contribution >= 4 is 54.5 Å². The van der Waals surface area contributed by atoms with Gasteiger partial charge in [0.05, 0.1) is 27.4 Å². The van der Waals surface area contributed by atoms with Gasteiger partial charge in [-0.05, 0) is 18.9 Å². The molecule has 0 heterocycles. The molecule has 1 aromatic carbocycles. The molecule has 0 fully saturated rings. The quantitative estimate of drug-likeness (QED) is 0.356. The lowest BCUT2D eigenvalue weighted by atomic mass is 10.2. The normalized spacial score (nSPS) is 11.6. The zero-order valence-electron chi connectivity index (χ0n) is 10.5. The Hall–Kier alpha value is 0.130. The van der Waals surface area contributed by atoms with E-state index in [4.69, 9.17) is 50.2 Å². The van der Waals surface area contributed by atoms with Crippen LogP contribution in [0.2, 0.25) is 15.1 Å². The number of unbranched alkanes of at least 4 members (excludes halogenated alkanes) is 3. The van der Waals surface area contributed by atoms with Crippen molar-refractivity contribution in [2.45, 2.75) is 25.7 Å². The van der Waals surface area contributed by atoms with Gasteiger partial charge < -0.3 is 4.74 Å². The van der Waals surface area contributed by atoms with Crippen LogP contribution in [0.1, 0.15) is 25.7 Å². The summed E-state index contributed by atoms with van der Waals surface area (Å²) in [5, 5.41) is 1.18. The number of halogens is 4. The van der Waals surface area contributed by atoms with Gasteiger partial charge in [-0.2, -0.15) is 0 Å². The highest BCUT2D eigenvalue weighted by Gasteiger charge is 2.07. The average molecular weight is 380 g/mol. The predicted octanol–water partition coefficient (Wildman–Crippen LogP) is 5.15. The Kier molecular flexibility index (Phi) is 7.77. The maximum Gasteiger partial charge on any atom is 0.232 e. The summed E-state index contributed by atoms with van der Waals surface area (Å²) in [5.74, 6) is 0.498. The summed E-state index contributed by atoms with van der Waals surface area (Å²) >= 11 is 17.6. The summed E-state index contributed by atoms with van der Waals surface area (Å²) in [6.07, 6.45) is 2.98. The molecule has 0 aromatic heterocycles. The van der Waals surface area contributed by atoms with E-state index in [0.717, 1.165) is 19.3 Å². The number of hydrogen-bond acceptors (Lipinski definition) is 3. The van der Waals surface area contributed by atoms with Crippen molar-refractivity contribution in [3.05, 3.63) is 27.2 Å². The van der Waals surface area contributed by atoms with Crippen LogP contribution in [-0.2, 0) is 9.05 Å². The smallest absolute Gasteiger partial charge is 0.232 e. The first-order valence-electron chi connectivity index (χ1n) is 5.99. The molecule has 0 amide bonds. The molecule has 0 aliphatic rings. The second-order valence-corrected chi connectivity index (χ2v) is 8.32. The molecule has 0 saturated carbocycles. The summed E-state index contributed by atoms with van der Waals surface area (Å²) < 4.78 is 26.9. The zero-order valence-corrected chi connectivity index (χ0v) is 14.4. The monoisotopic (exact) mass is 378 g/mol. The van der Waals surface area contributed by atoms with Crippen LogP contribution in [-0.4, -0.2) is 20.8 Å². The van der Waals surface area contributed by atoms with Crippen molar-refractivity contribution in [1.29, 1.82) is 0 Å². The molecule has 0 bridgehead atoms. The maximum absolute atomic E-state index is 10.7. The Morgan fingerprint density at radius 2 is 1.50 bits per heavy atom. The fraction of sp³-hybridized carbons (Fsp3) is 0.500. The van der Waals surface area contributed by atoms with Crippen molar-refractivity contribution < 1.29 is 13.2 Å². The van der Waals surface area contributed by atoms with Crippen LogP contribution >= 0.6 is 45.5 Å². The Balaban J connectivity index is 2.23. The lowest BCUT2D eigenvalue weighted by molar-refractivity contribution is 0.305. The average Bonchev–Trinajstić information content (AvgIpc) is 2.32. The van der Waals surface area contributed by atoms with Gasteiger partial charge in [-0.25, -0.2) is 8.42 Å². The van der Waals surface area contributed by atoms with Crippen molar-refractivity contribution in [3.8, 4) is 5.75 Å². The molecule has 1 aromatic rings. The fourth-order valence-corrected chi connectivity index (χ4v) is 2.99. The van der Waals surface area contributed by atoms with Gasteiger partial charge in [0.1, 0.15) is 5.75 Å². The van der Waals surface area contributed by atoms with Gasteiger partial charge in [-0.15, -0.1) is 0 Å². The topological polar surface area (TPSA) is 43.4 Å². The highest BCUT2D eigenvalue weighted by atomic mass is 35.7. The summed E-state index contributed by atoms with van der Waals surface area (Å²) in [6, 6.07) is 3.11. The molecule has 0 saturated heterocycles. The van der Waals surface area contributed by atoms with Crippen LogP contribution in [0.4, 0.5) is 0 Å². The second kappa shape index (κ2) is 8.54. The van der Waals surface area contributed by atoms with E-state index in [-0.39, 0.29) is 5.75 Å². The van der Waals surface area contributed by atoms with E-state index in [0.29, 0.717) is 33.8 Å². The van der Waals surface area contributed by atoms with Crippen molar-refractivity contribution in [1.82, 2.24) is 0 Å². The van der Waals surface area contributed by atoms with Crippen LogP contribution in [0, 0.1) is 0 Å². The van der Waals surface area contributed by atoms with Crippen molar-refractivity contribution in [2.24, 2.45) is 0 Å². The summed E-state index contributed by atoms with van der Waals surface area (Å²) in [7, 11) is 1.73. The van der Waals surface area contributed by atoms with Crippen molar-refractivity contribution in [3.63, 3.8) is 0 Å². The van der Waals surface area contributed by atoms with Gasteiger partial charge in [-0.3, -0.25) is 0 Å². The molecule has 0 aliphatic carbocycles. The van der Waals surface area contributed by atoms with E-state index >= 15 is 0 Å².